The summed E-state index contributed by atoms with van der Waals surface area (Å²) < 4.78 is 6.23. The Morgan fingerprint density at radius 2 is 1.83 bits per heavy atom. The first-order valence-electron chi connectivity index (χ1n) is 9.69. The number of nitrogens with zero attached hydrogens (tertiary/aromatic N) is 2. The largest absolute Gasteiger partial charge is 0.484 e. The van der Waals surface area contributed by atoms with E-state index in [0.29, 0.717) is 43.8 Å². The second kappa shape index (κ2) is 6.75. The highest BCUT2D eigenvalue weighted by Crippen LogP contribution is 2.33. The highest BCUT2D eigenvalue weighted by molar-refractivity contribution is 6.08. The summed E-state index contributed by atoms with van der Waals surface area (Å²) in [5.74, 6) is -0.309. The van der Waals surface area contributed by atoms with Crippen molar-refractivity contribution in [3.63, 3.8) is 0 Å². The molecule has 2 N–H and O–H groups in total. The summed E-state index contributed by atoms with van der Waals surface area (Å²) in [6.07, 6.45) is 1.08. The van der Waals surface area contributed by atoms with Crippen LogP contribution in [0.25, 0.3) is 0 Å². The Labute approximate surface area is 168 Å². The molecular weight excluding hydrogens is 376 g/mol. The van der Waals surface area contributed by atoms with Gasteiger partial charge in [0.1, 0.15) is 23.4 Å². The van der Waals surface area contributed by atoms with Crippen LogP contribution >= 0.6 is 0 Å². The van der Waals surface area contributed by atoms with Crippen molar-refractivity contribution in [1.29, 1.82) is 0 Å². The molecule has 9 heteroatoms. The predicted molar refractivity (Wildman–Crippen MR) is 102 cm³/mol. The quantitative estimate of drug-likeness (QED) is 0.703. The minimum Gasteiger partial charge on any atom is -0.484 e. The van der Waals surface area contributed by atoms with Gasteiger partial charge in [0.25, 0.3) is 11.8 Å². The van der Waals surface area contributed by atoms with E-state index in [1.54, 1.807) is 36.9 Å². The molecule has 9 nitrogen and oxygen atoms in total. The topological polar surface area (TPSA) is 108 Å². The summed E-state index contributed by atoms with van der Waals surface area (Å²) in [5, 5.41) is 5.49. The van der Waals surface area contributed by atoms with Gasteiger partial charge in [0.2, 0.25) is 5.91 Å². The molecule has 0 bridgehead atoms. The molecule has 5 amide bonds. The van der Waals surface area contributed by atoms with Crippen molar-refractivity contribution in [1.82, 2.24) is 20.4 Å². The predicted octanol–water partition coefficient (Wildman–Crippen LogP) is 0.500. The molecule has 0 radical (unpaired) electrons. The second-order valence-electron chi connectivity index (χ2n) is 8.29. The fourth-order valence-corrected chi connectivity index (χ4v) is 3.99. The molecule has 1 aromatic rings. The summed E-state index contributed by atoms with van der Waals surface area (Å²) in [7, 11) is 0. The van der Waals surface area contributed by atoms with Crippen molar-refractivity contribution >= 4 is 23.8 Å². The van der Waals surface area contributed by atoms with E-state index in [1.165, 1.54) is 0 Å². The van der Waals surface area contributed by atoms with Gasteiger partial charge in [0, 0.05) is 25.9 Å². The number of likely N-dealkylation sites (tertiary alicyclic amines) is 1. The van der Waals surface area contributed by atoms with E-state index in [0.717, 1.165) is 4.90 Å². The molecule has 1 spiro atoms. The van der Waals surface area contributed by atoms with Crippen molar-refractivity contribution in [2.24, 2.45) is 0 Å². The number of hydrogen-bond donors (Lipinski definition) is 2. The van der Waals surface area contributed by atoms with Crippen LogP contribution in [0, 0.1) is 0 Å². The summed E-state index contributed by atoms with van der Waals surface area (Å²) >= 11 is 0. The van der Waals surface area contributed by atoms with Gasteiger partial charge in [-0.2, -0.15) is 0 Å². The Hall–Kier alpha value is -3.10. The summed E-state index contributed by atoms with van der Waals surface area (Å²) in [4.78, 5) is 51.9. The van der Waals surface area contributed by atoms with Crippen LogP contribution in [0.5, 0.6) is 5.75 Å². The molecule has 2 fully saturated rings. The van der Waals surface area contributed by atoms with E-state index in [-0.39, 0.29) is 18.4 Å². The van der Waals surface area contributed by atoms with Crippen LogP contribution in [0.2, 0.25) is 0 Å². The number of nitrogens with one attached hydrogen (secondary N) is 2. The second-order valence-corrected chi connectivity index (χ2v) is 8.29. The van der Waals surface area contributed by atoms with Crippen LogP contribution in [0.15, 0.2) is 24.3 Å². The van der Waals surface area contributed by atoms with Gasteiger partial charge in [-0.3, -0.25) is 19.3 Å². The van der Waals surface area contributed by atoms with E-state index in [4.69, 9.17) is 4.74 Å². The highest BCUT2D eigenvalue weighted by Gasteiger charge is 2.46. The summed E-state index contributed by atoms with van der Waals surface area (Å²) in [6.45, 7) is 4.15. The fraction of sp³-hybridized carbons (Fsp3) is 0.500. The van der Waals surface area contributed by atoms with Crippen LogP contribution < -0.4 is 15.4 Å². The molecule has 29 heavy (non-hydrogen) atoms. The number of para-hydroxylation sites is 1. The van der Waals surface area contributed by atoms with Crippen molar-refractivity contribution < 1.29 is 23.9 Å². The number of amides is 5. The average Bonchev–Trinajstić information content (AvgIpc) is 2.80. The monoisotopic (exact) mass is 400 g/mol. The van der Waals surface area contributed by atoms with E-state index < -0.39 is 23.1 Å². The van der Waals surface area contributed by atoms with E-state index in [1.807, 2.05) is 6.07 Å². The zero-order chi connectivity index (χ0) is 20.8. The first-order chi connectivity index (χ1) is 13.7. The number of urea groups is 1. The van der Waals surface area contributed by atoms with E-state index >= 15 is 0 Å². The summed E-state index contributed by atoms with van der Waals surface area (Å²) in [6, 6.07) is 6.57. The van der Waals surface area contributed by atoms with E-state index in [9.17, 15) is 19.2 Å². The van der Waals surface area contributed by atoms with Gasteiger partial charge in [-0.1, -0.05) is 12.1 Å². The van der Waals surface area contributed by atoms with Gasteiger partial charge in [-0.15, -0.1) is 0 Å². The minimum atomic E-state index is -0.997. The third-order valence-electron chi connectivity index (χ3n) is 5.79. The average molecular weight is 400 g/mol. The minimum absolute atomic E-state index is 0.169. The number of imide groups is 1. The number of piperidine rings is 1. The lowest BCUT2D eigenvalue weighted by Crippen LogP contribution is -2.55. The fourth-order valence-electron chi connectivity index (χ4n) is 3.99. The lowest BCUT2D eigenvalue weighted by Gasteiger charge is -2.41. The maximum absolute atomic E-state index is 12.7. The Balaban J connectivity index is 1.41. The molecule has 0 saturated carbocycles. The number of ether oxygens (including phenoxy) is 1. The van der Waals surface area contributed by atoms with Crippen LogP contribution in [0.4, 0.5) is 4.79 Å². The molecule has 154 valence electrons. The van der Waals surface area contributed by atoms with Gasteiger partial charge < -0.3 is 20.3 Å². The van der Waals surface area contributed by atoms with Crippen molar-refractivity contribution in [2.45, 2.75) is 37.8 Å². The molecule has 0 unspecified atom stereocenters. The number of carbonyl (C=O) groups excluding carboxylic acids is 4. The van der Waals surface area contributed by atoms with Crippen LogP contribution in [-0.4, -0.2) is 70.9 Å². The standard InChI is InChI=1S/C20H24N4O5/c1-19(2)17(27)24(18(28)22-19)11-15(25)23-9-7-20(8-10-23)12-21-16(26)13-5-3-4-6-14(13)29-20/h3-6H,7-12H2,1-2H3,(H,21,26)(H,22,28). The van der Waals surface area contributed by atoms with Crippen molar-refractivity contribution in [3.8, 4) is 5.75 Å². The van der Waals surface area contributed by atoms with Gasteiger partial charge in [0.15, 0.2) is 0 Å². The van der Waals surface area contributed by atoms with E-state index in [2.05, 4.69) is 10.6 Å². The number of carbonyl (C=O) groups is 4. The van der Waals surface area contributed by atoms with Crippen LogP contribution in [0.3, 0.4) is 0 Å². The Bertz CT molecular complexity index is 889. The smallest absolute Gasteiger partial charge is 0.325 e. The third-order valence-corrected chi connectivity index (χ3v) is 5.79. The molecule has 1 aromatic carbocycles. The molecular formula is C20H24N4O5. The number of hydrogen-bond acceptors (Lipinski definition) is 5. The molecule has 0 aliphatic carbocycles. The maximum atomic E-state index is 12.7. The Kier molecular flexibility index (Phi) is 4.48. The lowest BCUT2D eigenvalue weighted by atomic mass is 9.90. The Morgan fingerprint density at radius 1 is 1.14 bits per heavy atom. The first kappa shape index (κ1) is 19.2. The number of benzene rings is 1. The zero-order valence-electron chi connectivity index (χ0n) is 16.5. The molecule has 2 saturated heterocycles. The van der Waals surface area contributed by atoms with Gasteiger partial charge in [-0.05, 0) is 26.0 Å². The van der Waals surface area contributed by atoms with Crippen LogP contribution in [0.1, 0.15) is 37.0 Å². The Morgan fingerprint density at radius 3 is 2.48 bits per heavy atom. The van der Waals surface area contributed by atoms with Gasteiger partial charge in [-0.25, -0.2) is 4.79 Å². The lowest BCUT2D eigenvalue weighted by molar-refractivity contribution is -0.140. The van der Waals surface area contributed by atoms with Gasteiger partial charge in [0.05, 0.1) is 12.1 Å². The maximum Gasteiger partial charge on any atom is 0.325 e. The molecule has 0 atom stereocenters. The SMILES string of the molecule is CC1(C)NC(=O)N(CC(=O)N2CCC3(CC2)CNC(=O)c2ccccc2O3)C1=O. The highest BCUT2D eigenvalue weighted by atomic mass is 16.5. The first-order valence-corrected chi connectivity index (χ1v) is 9.69. The third kappa shape index (κ3) is 3.41. The zero-order valence-corrected chi connectivity index (χ0v) is 16.5. The normalized spacial score (nSPS) is 22.5. The van der Waals surface area contributed by atoms with Crippen molar-refractivity contribution in [3.05, 3.63) is 29.8 Å². The van der Waals surface area contributed by atoms with Crippen molar-refractivity contribution in [2.75, 3.05) is 26.2 Å². The number of rotatable bonds is 2. The molecule has 3 aliphatic heterocycles. The van der Waals surface area contributed by atoms with Gasteiger partial charge >= 0.3 is 6.03 Å². The molecule has 3 aliphatic rings. The van der Waals surface area contributed by atoms with Crippen LogP contribution in [-0.2, 0) is 9.59 Å². The molecule has 4 rings (SSSR count). The number of fused-ring (bicyclic) bond motifs is 1. The molecule has 0 aromatic heterocycles. The molecule has 3 heterocycles. The summed E-state index contributed by atoms with van der Waals surface area (Å²) in [5.41, 5.74) is -1.07.